The van der Waals surface area contributed by atoms with Gasteiger partial charge in [-0.3, -0.25) is 24.5 Å². The van der Waals surface area contributed by atoms with E-state index in [0.29, 0.717) is 21.8 Å². The molecule has 0 aliphatic carbocycles. The standard InChI is InChI=1S/C33H22ClN3O5/c34-22-14-12-20(13-15-22)30(39)28-27(29(38)21-7-5-8-23(18-21)37(41)42)33(25-10-3-4-11-26(25)35-32(33)40)31-24-9-2-1-6-19(24)16-17-36(28)31/h1-18,27-28,31H,(H,35,40)/t27-,28+,31-,33+/m1/s1. The van der Waals surface area contributed by atoms with Crippen molar-refractivity contribution in [2.24, 2.45) is 5.92 Å². The molecule has 4 atom stereocenters. The maximum atomic E-state index is 14.8. The lowest BCUT2D eigenvalue weighted by Crippen LogP contribution is -2.49. The minimum absolute atomic E-state index is 0.0526. The Balaban J connectivity index is 1.53. The van der Waals surface area contributed by atoms with Crippen molar-refractivity contribution in [1.29, 1.82) is 0 Å². The van der Waals surface area contributed by atoms with Crippen LogP contribution >= 0.6 is 11.6 Å². The SMILES string of the molecule is O=C(c1ccc(Cl)cc1)[C@@H]1[C@H](C(=O)c2cccc([N+](=O)[O-])c2)[C@]2(C(=O)Nc3ccccc32)[C@H]2c3ccccc3C=CN12. The first kappa shape index (κ1) is 25.9. The summed E-state index contributed by atoms with van der Waals surface area (Å²) in [4.78, 5) is 56.6. The predicted octanol–water partition coefficient (Wildman–Crippen LogP) is 6.23. The summed E-state index contributed by atoms with van der Waals surface area (Å²) in [6.07, 6.45) is 3.66. The lowest BCUT2D eigenvalue weighted by Gasteiger charge is -2.38. The molecule has 0 bridgehead atoms. The van der Waals surface area contributed by atoms with Gasteiger partial charge in [-0.1, -0.05) is 66.2 Å². The number of nitro benzene ring substituents is 1. The number of para-hydroxylation sites is 1. The molecule has 7 rings (SSSR count). The zero-order valence-corrected chi connectivity index (χ0v) is 22.7. The Morgan fingerprint density at radius 2 is 1.62 bits per heavy atom. The number of anilines is 1. The second-order valence-electron chi connectivity index (χ2n) is 10.6. The highest BCUT2D eigenvalue weighted by Crippen LogP contribution is 2.62. The largest absolute Gasteiger partial charge is 0.358 e. The number of rotatable bonds is 5. The number of benzene rings is 4. The molecule has 42 heavy (non-hydrogen) atoms. The van der Waals surface area contributed by atoms with E-state index in [2.05, 4.69) is 5.32 Å². The average molecular weight is 576 g/mol. The summed E-state index contributed by atoms with van der Waals surface area (Å²) < 4.78 is 0. The Hall–Kier alpha value is -5.08. The van der Waals surface area contributed by atoms with Crippen molar-refractivity contribution in [3.05, 3.63) is 146 Å². The molecule has 1 saturated heterocycles. The van der Waals surface area contributed by atoms with E-state index in [0.717, 1.165) is 11.1 Å². The van der Waals surface area contributed by atoms with Gasteiger partial charge in [-0.2, -0.15) is 0 Å². The summed E-state index contributed by atoms with van der Waals surface area (Å²) in [6.45, 7) is 0. The topological polar surface area (TPSA) is 110 Å². The molecule has 4 aromatic carbocycles. The fourth-order valence-electron chi connectivity index (χ4n) is 6.90. The van der Waals surface area contributed by atoms with E-state index in [-0.39, 0.29) is 17.0 Å². The quantitative estimate of drug-likeness (QED) is 0.172. The molecule has 9 heteroatoms. The molecular formula is C33H22ClN3O5. The maximum absolute atomic E-state index is 14.8. The molecular weight excluding hydrogens is 554 g/mol. The van der Waals surface area contributed by atoms with Gasteiger partial charge in [-0.05, 0) is 53.1 Å². The molecule has 3 aliphatic rings. The second-order valence-corrected chi connectivity index (χ2v) is 11.1. The minimum atomic E-state index is -1.52. The lowest BCUT2D eigenvalue weighted by atomic mass is 9.62. The van der Waals surface area contributed by atoms with Gasteiger partial charge < -0.3 is 10.2 Å². The Kier molecular flexibility index (Phi) is 5.85. The molecule has 206 valence electrons. The number of amides is 1. The highest BCUT2D eigenvalue weighted by molar-refractivity contribution is 6.30. The molecule has 0 aromatic heterocycles. The number of hydrogen-bond donors (Lipinski definition) is 1. The van der Waals surface area contributed by atoms with Crippen molar-refractivity contribution in [3.8, 4) is 0 Å². The molecule has 1 fully saturated rings. The fourth-order valence-corrected chi connectivity index (χ4v) is 7.03. The lowest BCUT2D eigenvalue weighted by molar-refractivity contribution is -0.384. The Bertz CT molecular complexity index is 1850. The van der Waals surface area contributed by atoms with E-state index < -0.39 is 40.0 Å². The van der Waals surface area contributed by atoms with Crippen molar-refractivity contribution in [1.82, 2.24) is 4.90 Å². The van der Waals surface area contributed by atoms with E-state index >= 15 is 0 Å². The van der Waals surface area contributed by atoms with Gasteiger partial charge in [0.1, 0.15) is 11.5 Å². The molecule has 4 aromatic rings. The van der Waals surface area contributed by atoms with Gasteiger partial charge in [0.2, 0.25) is 5.91 Å². The average Bonchev–Trinajstić information content (AvgIpc) is 3.49. The van der Waals surface area contributed by atoms with Crippen LogP contribution in [0.5, 0.6) is 0 Å². The number of ketones is 2. The van der Waals surface area contributed by atoms with Crippen LogP contribution in [0.25, 0.3) is 6.08 Å². The highest BCUT2D eigenvalue weighted by Gasteiger charge is 2.70. The van der Waals surface area contributed by atoms with Crippen LogP contribution in [0.4, 0.5) is 11.4 Å². The van der Waals surface area contributed by atoms with Gasteiger partial charge in [-0.25, -0.2) is 0 Å². The van der Waals surface area contributed by atoms with Crippen LogP contribution in [0, 0.1) is 16.0 Å². The predicted molar refractivity (Wildman–Crippen MR) is 157 cm³/mol. The van der Waals surface area contributed by atoms with Crippen LogP contribution < -0.4 is 5.32 Å². The van der Waals surface area contributed by atoms with Gasteiger partial charge in [0.25, 0.3) is 5.69 Å². The molecule has 1 spiro atoms. The number of nitro groups is 1. The third-order valence-electron chi connectivity index (χ3n) is 8.59. The highest BCUT2D eigenvalue weighted by atomic mass is 35.5. The number of nitrogens with one attached hydrogen (secondary N) is 1. The van der Waals surface area contributed by atoms with Gasteiger partial charge in [-0.15, -0.1) is 0 Å². The third-order valence-corrected chi connectivity index (χ3v) is 8.84. The van der Waals surface area contributed by atoms with Crippen LogP contribution in [0.3, 0.4) is 0 Å². The smallest absolute Gasteiger partial charge is 0.270 e. The van der Waals surface area contributed by atoms with Gasteiger partial charge in [0.05, 0.1) is 16.9 Å². The van der Waals surface area contributed by atoms with Gasteiger partial charge in [0, 0.05) is 40.2 Å². The fraction of sp³-hybridized carbons (Fsp3) is 0.121. The van der Waals surface area contributed by atoms with Crippen molar-refractivity contribution in [3.63, 3.8) is 0 Å². The third kappa shape index (κ3) is 3.58. The number of carbonyl (C=O) groups is 3. The first-order chi connectivity index (χ1) is 20.3. The number of fused-ring (bicyclic) bond motifs is 6. The van der Waals surface area contributed by atoms with Crippen molar-refractivity contribution < 1.29 is 19.3 Å². The first-order valence-corrected chi connectivity index (χ1v) is 13.7. The number of non-ortho nitro benzene ring substituents is 1. The van der Waals surface area contributed by atoms with Gasteiger partial charge >= 0.3 is 0 Å². The molecule has 1 N–H and O–H groups in total. The van der Waals surface area contributed by atoms with Crippen LogP contribution in [-0.2, 0) is 10.2 Å². The molecule has 0 unspecified atom stereocenters. The van der Waals surface area contributed by atoms with Crippen LogP contribution in [-0.4, -0.2) is 33.3 Å². The van der Waals surface area contributed by atoms with E-state index in [1.807, 2.05) is 41.3 Å². The monoisotopic (exact) mass is 575 g/mol. The summed E-state index contributed by atoms with van der Waals surface area (Å²) >= 11 is 6.12. The van der Waals surface area contributed by atoms with E-state index in [1.165, 1.54) is 24.3 Å². The van der Waals surface area contributed by atoms with E-state index in [4.69, 9.17) is 11.6 Å². The summed E-state index contributed by atoms with van der Waals surface area (Å²) in [7, 11) is 0. The van der Waals surface area contributed by atoms with E-state index in [1.54, 1.807) is 48.7 Å². The molecule has 8 nitrogen and oxygen atoms in total. The second kappa shape index (κ2) is 9.49. The Morgan fingerprint density at radius 3 is 2.40 bits per heavy atom. The summed E-state index contributed by atoms with van der Waals surface area (Å²) in [5, 5.41) is 15.1. The van der Waals surface area contributed by atoms with E-state index in [9.17, 15) is 24.5 Å². The summed E-state index contributed by atoms with van der Waals surface area (Å²) in [5.41, 5.74) is 1.44. The van der Waals surface area contributed by atoms with Crippen molar-refractivity contribution in [2.75, 3.05) is 5.32 Å². The first-order valence-electron chi connectivity index (χ1n) is 13.4. The van der Waals surface area contributed by atoms with Crippen molar-refractivity contribution >= 4 is 46.5 Å². The molecule has 0 radical (unpaired) electrons. The molecule has 1 amide bonds. The Labute approximate surface area is 245 Å². The molecule has 3 aliphatic heterocycles. The summed E-state index contributed by atoms with van der Waals surface area (Å²) in [5.74, 6) is -2.53. The maximum Gasteiger partial charge on any atom is 0.270 e. The summed E-state index contributed by atoms with van der Waals surface area (Å²) in [6, 6.07) is 24.8. The number of nitrogens with zero attached hydrogens (tertiary/aromatic N) is 2. The normalized spacial score (nSPS) is 23.2. The van der Waals surface area contributed by atoms with Crippen molar-refractivity contribution in [2.45, 2.75) is 17.5 Å². The number of halogens is 1. The van der Waals surface area contributed by atoms with Crippen LogP contribution in [0.15, 0.2) is 103 Å². The molecule has 3 heterocycles. The number of hydrogen-bond acceptors (Lipinski definition) is 6. The Morgan fingerprint density at radius 1 is 0.881 bits per heavy atom. The molecule has 0 saturated carbocycles. The van der Waals surface area contributed by atoms with Crippen LogP contribution in [0.2, 0.25) is 5.02 Å². The minimum Gasteiger partial charge on any atom is -0.358 e. The number of Topliss-reactive ketones (excluding diaryl/α,β-unsaturated/α-hetero) is 2. The van der Waals surface area contributed by atoms with Gasteiger partial charge in [0.15, 0.2) is 11.6 Å². The van der Waals surface area contributed by atoms with Crippen LogP contribution in [0.1, 0.15) is 43.4 Å². The number of carbonyl (C=O) groups excluding carboxylic acids is 3. The zero-order valence-electron chi connectivity index (χ0n) is 21.9. The zero-order chi connectivity index (χ0) is 29.2.